The third-order valence-electron chi connectivity index (χ3n) is 7.05. The van der Waals surface area contributed by atoms with Gasteiger partial charge in [0.15, 0.2) is 0 Å². The summed E-state index contributed by atoms with van der Waals surface area (Å²) in [6, 6.07) is 3.13. The van der Waals surface area contributed by atoms with E-state index in [4.69, 9.17) is 34.4 Å². The van der Waals surface area contributed by atoms with Crippen molar-refractivity contribution in [1.82, 2.24) is 28.5 Å². The molecule has 1 aliphatic heterocycles. The van der Waals surface area contributed by atoms with Gasteiger partial charge in [-0.2, -0.15) is 9.67 Å². The smallest absolute Gasteiger partial charge is 0.355 e. The van der Waals surface area contributed by atoms with Gasteiger partial charge in [0.2, 0.25) is 5.95 Å². The lowest BCUT2D eigenvalue weighted by atomic mass is 9.95. The van der Waals surface area contributed by atoms with Gasteiger partial charge in [-0.1, -0.05) is 48.4 Å². The van der Waals surface area contributed by atoms with E-state index in [1.165, 1.54) is 26.3 Å². The number of ether oxygens (including phenoxy) is 1. The Morgan fingerprint density at radius 1 is 1.05 bits per heavy atom. The number of aryl methyl sites for hydroxylation is 1. The maximum Gasteiger partial charge on any atom is 0.355 e. The topological polar surface area (TPSA) is 109 Å². The Morgan fingerprint density at radius 3 is 2.42 bits per heavy atom. The van der Waals surface area contributed by atoms with Crippen molar-refractivity contribution in [2.24, 2.45) is 7.05 Å². The lowest BCUT2D eigenvalue weighted by molar-refractivity contribution is 0.326. The van der Waals surface area contributed by atoms with E-state index in [0.29, 0.717) is 34.0 Å². The SMILES string of the molecule is C#CCOc1cc(-n2nc3n(c2=O)CCCC3)c(Cl)cc1Cl.CN(C)c1nc(=O)n(C2CCCCC2)c(=O)n1C. The summed E-state index contributed by atoms with van der Waals surface area (Å²) in [6.07, 6.45) is 13.1. The molecule has 0 spiro atoms. The maximum atomic E-state index is 12.5. The van der Waals surface area contributed by atoms with E-state index >= 15 is 0 Å². The molecule has 0 N–H and O–H groups in total. The number of anilines is 1. The third-order valence-corrected chi connectivity index (χ3v) is 7.64. The molecule has 2 aliphatic rings. The third kappa shape index (κ3) is 6.13. The van der Waals surface area contributed by atoms with E-state index in [0.717, 1.165) is 50.8 Å². The second kappa shape index (κ2) is 12.8. The number of halogens is 2. The first kappa shape index (κ1) is 29.5. The number of hydrogen-bond acceptors (Lipinski definition) is 7. The van der Waals surface area contributed by atoms with Gasteiger partial charge in [0.1, 0.15) is 18.2 Å². The molecule has 3 heterocycles. The van der Waals surface area contributed by atoms with Crippen LogP contribution >= 0.6 is 23.2 Å². The van der Waals surface area contributed by atoms with Crippen LogP contribution in [0.15, 0.2) is 26.5 Å². The Labute approximate surface area is 241 Å². The van der Waals surface area contributed by atoms with Crippen LogP contribution in [0.25, 0.3) is 5.69 Å². The average Bonchev–Trinajstić information content (AvgIpc) is 3.27. The molecule has 0 saturated heterocycles. The normalized spacial score (nSPS) is 15.0. The number of aromatic nitrogens is 6. The molecule has 1 saturated carbocycles. The van der Waals surface area contributed by atoms with Crippen LogP contribution in [0.4, 0.5) is 5.95 Å². The largest absolute Gasteiger partial charge is 0.479 e. The molecular formula is C27H33Cl2N7O4. The quantitative estimate of drug-likeness (QED) is 0.420. The molecular weight excluding hydrogens is 557 g/mol. The van der Waals surface area contributed by atoms with Crippen LogP contribution < -0.4 is 26.7 Å². The zero-order valence-electron chi connectivity index (χ0n) is 22.9. The van der Waals surface area contributed by atoms with Crippen molar-refractivity contribution in [2.75, 3.05) is 25.6 Å². The fourth-order valence-corrected chi connectivity index (χ4v) is 5.58. The minimum Gasteiger partial charge on any atom is -0.479 e. The Kier molecular flexibility index (Phi) is 9.43. The highest BCUT2D eigenvalue weighted by atomic mass is 35.5. The zero-order chi connectivity index (χ0) is 29.0. The lowest BCUT2D eigenvalue weighted by Gasteiger charge is -2.24. The summed E-state index contributed by atoms with van der Waals surface area (Å²) in [5, 5.41) is 5.04. The molecule has 0 amide bonds. The Morgan fingerprint density at radius 2 is 1.77 bits per heavy atom. The second-order valence-electron chi connectivity index (χ2n) is 10.0. The van der Waals surface area contributed by atoms with E-state index < -0.39 is 5.69 Å². The van der Waals surface area contributed by atoms with Crippen LogP contribution in [0.1, 0.15) is 56.8 Å². The molecule has 0 bridgehead atoms. The van der Waals surface area contributed by atoms with Gasteiger partial charge in [0, 0.05) is 46.2 Å². The maximum absolute atomic E-state index is 12.5. The Hall–Kier alpha value is -3.49. The molecule has 2 aromatic heterocycles. The van der Waals surface area contributed by atoms with E-state index in [2.05, 4.69) is 16.0 Å². The average molecular weight is 591 g/mol. The van der Waals surface area contributed by atoms with Crippen LogP contribution in [0.2, 0.25) is 10.0 Å². The molecule has 40 heavy (non-hydrogen) atoms. The highest BCUT2D eigenvalue weighted by Crippen LogP contribution is 2.33. The molecule has 3 aromatic rings. The van der Waals surface area contributed by atoms with Crippen molar-refractivity contribution < 1.29 is 4.74 Å². The molecule has 1 aromatic carbocycles. The van der Waals surface area contributed by atoms with E-state index in [1.807, 2.05) is 0 Å². The number of hydrogen-bond donors (Lipinski definition) is 0. The lowest BCUT2D eigenvalue weighted by Crippen LogP contribution is -2.45. The van der Waals surface area contributed by atoms with Gasteiger partial charge in [-0.25, -0.2) is 19.0 Å². The fourth-order valence-electron chi connectivity index (χ4n) is 5.06. The van der Waals surface area contributed by atoms with E-state index in [1.54, 1.807) is 36.7 Å². The van der Waals surface area contributed by atoms with E-state index in [9.17, 15) is 14.4 Å². The number of nitrogens with zero attached hydrogens (tertiary/aromatic N) is 7. The van der Waals surface area contributed by atoms with Crippen molar-refractivity contribution in [3.63, 3.8) is 0 Å². The van der Waals surface area contributed by atoms with Gasteiger partial charge >= 0.3 is 17.1 Å². The van der Waals surface area contributed by atoms with Crippen molar-refractivity contribution >= 4 is 29.2 Å². The first-order valence-corrected chi connectivity index (χ1v) is 14.0. The van der Waals surface area contributed by atoms with Gasteiger partial charge in [0.05, 0.1) is 15.7 Å². The molecule has 1 fully saturated rings. The number of benzene rings is 1. The number of fused-ring (bicyclic) bond motifs is 1. The van der Waals surface area contributed by atoms with Crippen LogP contribution in [-0.4, -0.2) is 49.2 Å². The van der Waals surface area contributed by atoms with Crippen molar-refractivity contribution in [1.29, 1.82) is 0 Å². The molecule has 11 nitrogen and oxygen atoms in total. The summed E-state index contributed by atoms with van der Waals surface area (Å²) in [5.41, 5.74) is -0.453. The first-order valence-electron chi connectivity index (χ1n) is 13.2. The molecule has 5 rings (SSSR count). The summed E-state index contributed by atoms with van der Waals surface area (Å²) in [6.45, 7) is 0.759. The highest BCUT2D eigenvalue weighted by molar-refractivity contribution is 6.36. The van der Waals surface area contributed by atoms with Crippen LogP contribution in [0.5, 0.6) is 5.75 Å². The van der Waals surface area contributed by atoms with Crippen molar-refractivity contribution in [3.8, 4) is 23.8 Å². The first-order chi connectivity index (χ1) is 19.1. The van der Waals surface area contributed by atoms with Gasteiger partial charge in [-0.3, -0.25) is 9.13 Å². The van der Waals surface area contributed by atoms with Crippen molar-refractivity contribution in [2.45, 2.75) is 64.0 Å². The van der Waals surface area contributed by atoms with Crippen molar-refractivity contribution in [3.05, 3.63) is 59.5 Å². The fraction of sp³-hybridized carbons (Fsp3) is 0.519. The van der Waals surface area contributed by atoms with Crippen LogP contribution in [0.3, 0.4) is 0 Å². The minimum atomic E-state index is -0.423. The standard InChI is InChI=1S/C15H13Cl2N3O2.C12H20N4O2/c1-2-7-22-13-9-12(10(16)8-11(13)17)20-15(21)19-6-4-3-5-14(19)18-20;1-14(2)10-13-11(17)16(12(18)15(10)3)9-7-5-4-6-8-9/h1,8-9H,3-7H2;9H,4-8H2,1-3H3. The summed E-state index contributed by atoms with van der Waals surface area (Å²) >= 11 is 12.3. The van der Waals surface area contributed by atoms with Gasteiger partial charge in [-0.05, 0) is 31.7 Å². The van der Waals surface area contributed by atoms with Crippen LogP contribution in [0, 0.1) is 12.3 Å². The molecule has 0 radical (unpaired) electrons. The van der Waals surface area contributed by atoms with Gasteiger partial charge in [0.25, 0.3) is 0 Å². The Balaban J connectivity index is 0.000000189. The van der Waals surface area contributed by atoms with Crippen LogP contribution in [-0.2, 0) is 20.0 Å². The van der Waals surface area contributed by atoms with Gasteiger partial charge < -0.3 is 9.64 Å². The van der Waals surface area contributed by atoms with Gasteiger partial charge in [-0.15, -0.1) is 11.5 Å². The zero-order valence-corrected chi connectivity index (χ0v) is 24.4. The Bertz CT molecular complexity index is 1590. The second-order valence-corrected chi connectivity index (χ2v) is 10.9. The summed E-state index contributed by atoms with van der Waals surface area (Å²) in [5.74, 6) is 3.91. The summed E-state index contributed by atoms with van der Waals surface area (Å²) < 4.78 is 11.1. The minimum absolute atomic E-state index is 0.0219. The van der Waals surface area contributed by atoms with E-state index in [-0.39, 0.29) is 24.0 Å². The molecule has 1 aliphatic carbocycles. The number of terminal acetylenes is 1. The molecule has 0 atom stereocenters. The predicted molar refractivity (Wildman–Crippen MR) is 155 cm³/mol. The summed E-state index contributed by atoms with van der Waals surface area (Å²) in [7, 11) is 5.20. The molecule has 13 heteroatoms. The monoisotopic (exact) mass is 589 g/mol. The molecule has 0 unspecified atom stereocenters. The molecule has 214 valence electrons. The predicted octanol–water partition coefficient (Wildman–Crippen LogP) is 3.20. The summed E-state index contributed by atoms with van der Waals surface area (Å²) in [4.78, 5) is 42.5. The highest BCUT2D eigenvalue weighted by Gasteiger charge is 2.22. The number of rotatable bonds is 5.